The van der Waals surface area contributed by atoms with Gasteiger partial charge < -0.3 is 9.64 Å². The minimum Gasteiger partial charge on any atom is -0.379 e. The molecular formula is C16H31NO2. The molecule has 0 spiro atoms. The third-order valence-electron chi connectivity index (χ3n) is 4.84. The molecule has 0 radical (unpaired) electrons. The molecular weight excluding hydrogens is 238 g/mol. The highest BCUT2D eigenvalue weighted by atomic mass is 16.5. The molecule has 3 nitrogen and oxygen atoms in total. The molecule has 112 valence electrons. The first-order valence-electron chi connectivity index (χ1n) is 7.41. The Labute approximate surface area is 118 Å². The van der Waals surface area contributed by atoms with Gasteiger partial charge in [-0.3, -0.25) is 4.79 Å². The third-order valence-corrected chi connectivity index (χ3v) is 4.84. The van der Waals surface area contributed by atoms with E-state index in [1.54, 1.807) is 0 Å². The zero-order valence-electron chi connectivity index (χ0n) is 13.8. The van der Waals surface area contributed by atoms with Gasteiger partial charge in [-0.2, -0.15) is 0 Å². The Kier molecular flexibility index (Phi) is 4.71. The molecule has 3 heteroatoms. The molecule has 0 atom stereocenters. The average molecular weight is 269 g/mol. The van der Waals surface area contributed by atoms with Crippen molar-refractivity contribution in [3.05, 3.63) is 0 Å². The van der Waals surface area contributed by atoms with Gasteiger partial charge in [-0.05, 0) is 10.8 Å². The Morgan fingerprint density at radius 1 is 1.16 bits per heavy atom. The molecule has 0 bridgehead atoms. The summed E-state index contributed by atoms with van der Waals surface area (Å²) in [6.45, 7) is 18.4. The summed E-state index contributed by atoms with van der Waals surface area (Å²) >= 11 is 0. The van der Waals surface area contributed by atoms with Crippen LogP contribution in [-0.4, -0.2) is 37.1 Å². The van der Waals surface area contributed by atoms with Crippen molar-refractivity contribution < 1.29 is 9.53 Å². The molecule has 0 unspecified atom stereocenters. The van der Waals surface area contributed by atoms with Crippen LogP contribution >= 0.6 is 0 Å². The second-order valence-corrected chi connectivity index (χ2v) is 7.80. The molecule has 1 heterocycles. The van der Waals surface area contributed by atoms with Crippen molar-refractivity contribution in [2.75, 3.05) is 26.3 Å². The van der Waals surface area contributed by atoms with E-state index in [1.807, 2.05) is 11.8 Å². The standard InChI is InChI=1S/C16H31NO2/c1-8-13(18)17-9-10-19-12-16(11-17,14(2,3)4)15(5,6)7/h8-12H2,1-7H3. The summed E-state index contributed by atoms with van der Waals surface area (Å²) in [4.78, 5) is 14.1. The topological polar surface area (TPSA) is 29.5 Å². The number of hydrogen-bond donors (Lipinski definition) is 0. The number of amides is 1. The minimum atomic E-state index is -0.0265. The SMILES string of the molecule is CCC(=O)N1CCOCC(C(C)(C)C)(C(C)(C)C)C1. The van der Waals surface area contributed by atoms with E-state index in [-0.39, 0.29) is 22.2 Å². The molecule has 0 aliphatic carbocycles. The summed E-state index contributed by atoms with van der Waals surface area (Å²) in [5.41, 5.74) is 0.144. The van der Waals surface area contributed by atoms with Gasteiger partial charge in [-0.15, -0.1) is 0 Å². The first-order chi connectivity index (χ1) is 8.55. The fraction of sp³-hybridized carbons (Fsp3) is 0.938. The van der Waals surface area contributed by atoms with Crippen molar-refractivity contribution in [3.8, 4) is 0 Å². The largest absolute Gasteiger partial charge is 0.379 e. The van der Waals surface area contributed by atoms with Crippen molar-refractivity contribution in [3.63, 3.8) is 0 Å². The van der Waals surface area contributed by atoms with Gasteiger partial charge in [0.05, 0.1) is 13.2 Å². The van der Waals surface area contributed by atoms with Gasteiger partial charge in [-0.1, -0.05) is 48.5 Å². The van der Waals surface area contributed by atoms with Crippen LogP contribution in [0.2, 0.25) is 0 Å². The molecule has 1 aliphatic heterocycles. The van der Waals surface area contributed by atoms with Crippen molar-refractivity contribution in [2.45, 2.75) is 54.9 Å². The molecule has 0 N–H and O–H groups in total. The normalized spacial score (nSPS) is 21.1. The predicted molar refractivity (Wildman–Crippen MR) is 79.0 cm³/mol. The molecule has 0 saturated carbocycles. The lowest BCUT2D eigenvalue weighted by Gasteiger charge is -2.54. The zero-order valence-corrected chi connectivity index (χ0v) is 13.8. The second kappa shape index (κ2) is 5.43. The molecule has 1 saturated heterocycles. The van der Waals surface area contributed by atoms with E-state index in [9.17, 15) is 4.79 Å². The Balaban J connectivity index is 3.18. The summed E-state index contributed by atoms with van der Waals surface area (Å²) in [7, 11) is 0. The second-order valence-electron chi connectivity index (χ2n) is 7.80. The third kappa shape index (κ3) is 3.13. The average Bonchev–Trinajstić information content (AvgIpc) is 2.49. The summed E-state index contributed by atoms with van der Waals surface area (Å²) in [5.74, 6) is 0.239. The molecule has 1 rings (SSSR count). The summed E-state index contributed by atoms with van der Waals surface area (Å²) in [6, 6.07) is 0. The van der Waals surface area contributed by atoms with Gasteiger partial charge >= 0.3 is 0 Å². The molecule has 0 aromatic rings. The zero-order chi connectivity index (χ0) is 14.9. The van der Waals surface area contributed by atoms with Crippen LogP contribution in [0.25, 0.3) is 0 Å². The smallest absolute Gasteiger partial charge is 0.222 e. The van der Waals surface area contributed by atoms with Crippen molar-refractivity contribution in [1.82, 2.24) is 4.90 Å². The summed E-state index contributed by atoms with van der Waals surface area (Å²) in [5, 5.41) is 0. The fourth-order valence-corrected chi connectivity index (χ4v) is 3.34. The molecule has 1 amide bonds. The van der Waals surface area contributed by atoms with E-state index in [0.717, 1.165) is 19.7 Å². The monoisotopic (exact) mass is 269 g/mol. The van der Waals surface area contributed by atoms with Gasteiger partial charge in [-0.25, -0.2) is 0 Å². The van der Waals surface area contributed by atoms with Gasteiger partial charge in [0.25, 0.3) is 0 Å². The van der Waals surface area contributed by atoms with Crippen LogP contribution < -0.4 is 0 Å². The van der Waals surface area contributed by atoms with Gasteiger partial charge in [0.15, 0.2) is 0 Å². The molecule has 0 aromatic heterocycles. The maximum atomic E-state index is 12.1. The highest BCUT2D eigenvalue weighted by Gasteiger charge is 2.52. The number of carbonyl (C=O) groups is 1. The van der Waals surface area contributed by atoms with Crippen molar-refractivity contribution >= 4 is 5.91 Å². The number of rotatable bonds is 1. The maximum Gasteiger partial charge on any atom is 0.222 e. The van der Waals surface area contributed by atoms with E-state index in [4.69, 9.17) is 4.74 Å². The maximum absolute atomic E-state index is 12.1. The van der Waals surface area contributed by atoms with Gasteiger partial charge in [0, 0.05) is 24.9 Å². The molecule has 0 aromatic carbocycles. The molecule has 1 aliphatic rings. The summed E-state index contributed by atoms with van der Waals surface area (Å²) in [6.07, 6.45) is 0.574. The van der Waals surface area contributed by atoms with Crippen LogP contribution in [0.1, 0.15) is 54.9 Å². The number of hydrogen-bond acceptors (Lipinski definition) is 2. The lowest BCUT2D eigenvalue weighted by Crippen LogP contribution is -2.55. The van der Waals surface area contributed by atoms with E-state index in [2.05, 4.69) is 41.5 Å². The van der Waals surface area contributed by atoms with Gasteiger partial charge in [0.2, 0.25) is 5.91 Å². The fourth-order valence-electron chi connectivity index (χ4n) is 3.34. The van der Waals surface area contributed by atoms with Crippen molar-refractivity contribution in [1.29, 1.82) is 0 Å². The van der Waals surface area contributed by atoms with Crippen LogP contribution in [0.3, 0.4) is 0 Å². The molecule has 19 heavy (non-hydrogen) atoms. The highest BCUT2D eigenvalue weighted by molar-refractivity contribution is 5.75. The lowest BCUT2D eigenvalue weighted by molar-refractivity contribution is -0.137. The number of carbonyl (C=O) groups excluding carboxylic acids is 1. The van der Waals surface area contributed by atoms with Crippen LogP contribution in [0.4, 0.5) is 0 Å². The van der Waals surface area contributed by atoms with E-state index < -0.39 is 0 Å². The van der Waals surface area contributed by atoms with Crippen LogP contribution in [0.15, 0.2) is 0 Å². The number of nitrogens with zero attached hydrogens (tertiary/aromatic N) is 1. The van der Waals surface area contributed by atoms with E-state index in [0.29, 0.717) is 13.0 Å². The lowest BCUT2D eigenvalue weighted by atomic mass is 9.54. The first-order valence-corrected chi connectivity index (χ1v) is 7.41. The summed E-state index contributed by atoms with van der Waals surface area (Å²) < 4.78 is 5.89. The quantitative estimate of drug-likeness (QED) is 0.730. The van der Waals surface area contributed by atoms with Crippen LogP contribution in [0, 0.1) is 16.2 Å². The Hall–Kier alpha value is -0.570. The minimum absolute atomic E-state index is 0.0265. The van der Waals surface area contributed by atoms with Crippen LogP contribution in [-0.2, 0) is 9.53 Å². The number of ether oxygens (including phenoxy) is 1. The Morgan fingerprint density at radius 3 is 2.11 bits per heavy atom. The van der Waals surface area contributed by atoms with Gasteiger partial charge in [0.1, 0.15) is 0 Å². The highest BCUT2D eigenvalue weighted by Crippen LogP contribution is 2.52. The van der Waals surface area contributed by atoms with Crippen molar-refractivity contribution in [2.24, 2.45) is 16.2 Å². The molecule has 1 fully saturated rings. The van der Waals surface area contributed by atoms with Crippen LogP contribution in [0.5, 0.6) is 0 Å². The van der Waals surface area contributed by atoms with E-state index in [1.165, 1.54) is 0 Å². The van der Waals surface area contributed by atoms with E-state index >= 15 is 0 Å². The predicted octanol–water partition coefficient (Wildman–Crippen LogP) is 3.33. The Bertz CT molecular complexity index is 309. The first kappa shape index (κ1) is 16.5. The Morgan fingerprint density at radius 2 is 1.68 bits per heavy atom.